The number of hydrogen-bond acceptors (Lipinski definition) is 3. The van der Waals surface area contributed by atoms with Crippen molar-refractivity contribution in [3.05, 3.63) is 41.4 Å². The Hall–Kier alpha value is -1.04. The number of rotatable bonds is 6. The fourth-order valence-corrected chi connectivity index (χ4v) is 3.27. The molecule has 21 heavy (non-hydrogen) atoms. The molecule has 0 aliphatic rings. The highest BCUT2D eigenvalue weighted by molar-refractivity contribution is 7.95. The number of amides is 1. The van der Waals surface area contributed by atoms with Crippen molar-refractivity contribution in [2.45, 2.75) is 6.42 Å². The number of aromatic nitrogens is 1. The van der Waals surface area contributed by atoms with Crippen LogP contribution < -0.4 is 17.7 Å². The molecule has 1 aromatic heterocycles. The van der Waals surface area contributed by atoms with Crippen LogP contribution in [-0.4, -0.2) is 35.7 Å². The third-order valence-electron chi connectivity index (χ3n) is 2.77. The maximum Gasteiger partial charge on any atom is 0.270 e. The maximum atomic E-state index is 12.0. The van der Waals surface area contributed by atoms with Crippen molar-refractivity contribution in [2.75, 3.05) is 24.8 Å². The largest absolute Gasteiger partial charge is 1.00 e. The Morgan fingerprint density at radius 3 is 2.67 bits per heavy atom. The van der Waals surface area contributed by atoms with E-state index in [0.29, 0.717) is 16.6 Å². The molecule has 1 heterocycles. The normalized spacial score (nSPS) is 10.2. The van der Waals surface area contributed by atoms with Gasteiger partial charge in [0.1, 0.15) is 16.5 Å². The van der Waals surface area contributed by atoms with Crippen molar-refractivity contribution in [3.63, 3.8) is 0 Å². The zero-order chi connectivity index (χ0) is 14.4. The number of carbonyl (C=O) groups excluding carboxylic acids is 1. The van der Waals surface area contributed by atoms with E-state index in [2.05, 4.69) is 22.8 Å². The number of hydrogen-bond donors (Lipinski definition) is 1. The van der Waals surface area contributed by atoms with Gasteiger partial charge in [-0.15, -0.1) is 11.3 Å². The van der Waals surface area contributed by atoms with Crippen molar-refractivity contribution in [1.82, 2.24) is 10.3 Å². The fourth-order valence-electron chi connectivity index (χ4n) is 1.74. The molecule has 2 rings (SSSR count). The van der Waals surface area contributed by atoms with Gasteiger partial charge < -0.3 is 17.7 Å². The van der Waals surface area contributed by atoms with Crippen LogP contribution in [0, 0.1) is 0 Å². The molecule has 0 fully saturated rings. The van der Waals surface area contributed by atoms with Gasteiger partial charge in [-0.1, -0.05) is 30.3 Å². The minimum absolute atomic E-state index is 0. The second kappa shape index (κ2) is 9.07. The van der Waals surface area contributed by atoms with Crippen LogP contribution >= 0.6 is 11.3 Å². The van der Waals surface area contributed by atoms with E-state index in [9.17, 15) is 4.79 Å². The van der Waals surface area contributed by atoms with E-state index in [4.69, 9.17) is 0 Å². The molecule has 3 nitrogen and oxygen atoms in total. The molecule has 1 aromatic carbocycles. The van der Waals surface area contributed by atoms with Crippen LogP contribution in [0.2, 0.25) is 0 Å². The molecule has 2 aromatic rings. The van der Waals surface area contributed by atoms with Gasteiger partial charge in [0, 0.05) is 23.9 Å². The van der Waals surface area contributed by atoms with Crippen LogP contribution in [0.15, 0.2) is 35.7 Å². The molecule has 0 radical (unpaired) electrons. The first kappa shape index (κ1) is 18.0. The minimum atomic E-state index is -0.0736. The first-order valence-electron chi connectivity index (χ1n) is 6.50. The predicted octanol–water partition coefficient (Wildman–Crippen LogP) is -0.188. The van der Waals surface area contributed by atoms with Crippen molar-refractivity contribution in [1.29, 1.82) is 0 Å². The molecular weight excluding hydrogens is 324 g/mol. The Bertz CT molecular complexity index is 558. The van der Waals surface area contributed by atoms with Crippen LogP contribution in [-0.2, 0) is 10.9 Å². The Balaban J connectivity index is 0.00000220. The molecule has 0 unspecified atom stereocenters. The first-order chi connectivity index (χ1) is 9.66. The zero-order valence-electron chi connectivity index (χ0n) is 12.1. The number of benzene rings is 1. The molecule has 114 valence electrons. The fraction of sp³-hybridized carbons (Fsp3) is 0.333. The van der Waals surface area contributed by atoms with Gasteiger partial charge in [0.05, 0.1) is 12.5 Å². The van der Waals surface area contributed by atoms with Gasteiger partial charge in [-0.3, -0.25) is 4.79 Å². The molecule has 1 amide bonds. The molecule has 0 saturated heterocycles. The lowest BCUT2D eigenvalue weighted by atomic mass is 10.2. The summed E-state index contributed by atoms with van der Waals surface area (Å²) in [7, 11) is 0.440. The van der Waals surface area contributed by atoms with Gasteiger partial charge in [-0.25, -0.2) is 4.98 Å². The molecule has 0 aliphatic heterocycles. The molecule has 0 bridgehead atoms. The van der Waals surface area contributed by atoms with E-state index in [0.717, 1.165) is 29.3 Å². The van der Waals surface area contributed by atoms with Crippen LogP contribution in [0.1, 0.15) is 16.9 Å². The van der Waals surface area contributed by atoms with Gasteiger partial charge in [0.25, 0.3) is 5.91 Å². The molecule has 6 heteroatoms. The van der Waals surface area contributed by atoms with Crippen LogP contribution in [0.4, 0.5) is 0 Å². The van der Waals surface area contributed by atoms with Crippen molar-refractivity contribution < 1.29 is 17.2 Å². The van der Waals surface area contributed by atoms with Gasteiger partial charge in [0.2, 0.25) is 0 Å². The highest BCUT2D eigenvalue weighted by atomic mass is 35.5. The molecule has 0 atom stereocenters. The van der Waals surface area contributed by atoms with Crippen LogP contribution in [0.25, 0.3) is 10.6 Å². The van der Waals surface area contributed by atoms with Gasteiger partial charge in [0.15, 0.2) is 0 Å². The maximum absolute atomic E-state index is 12.0. The SMILES string of the molecule is C[S+](C)CCCNC(=O)c1csc(-c2ccccc2)n1.[Cl-]. The van der Waals surface area contributed by atoms with Crippen LogP contribution in [0.5, 0.6) is 0 Å². The molecule has 1 N–H and O–H groups in total. The number of nitrogens with zero attached hydrogens (tertiary/aromatic N) is 1. The lowest BCUT2D eigenvalue weighted by molar-refractivity contribution is -0.0000124. The Morgan fingerprint density at radius 2 is 2.00 bits per heavy atom. The summed E-state index contributed by atoms with van der Waals surface area (Å²) in [5.74, 6) is 1.09. The summed E-state index contributed by atoms with van der Waals surface area (Å²) in [4.78, 5) is 16.4. The van der Waals surface area contributed by atoms with Gasteiger partial charge in [-0.2, -0.15) is 0 Å². The van der Waals surface area contributed by atoms with E-state index in [1.165, 1.54) is 11.3 Å². The van der Waals surface area contributed by atoms with Crippen molar-refractivity contribution in [2.24, 2.45) is 0 Å². The van der Waals surface area contributed by atoms with Crippen LogP contribution in [0.3, 0.4) is 0 Å². The van der Waals surface area contributed by atoms with E-state index in [-0.39, 0.29) is 18.3 Å². The molecule has 0 spiro atoms. The second-order valence-corrected chi connectivity index (χ2v) is 7.94. The Kier molecular flexibility index (Phi) is 7.78. The average Bonchev–Trinajstić information content (AvgIpc) is 2.94. The van der Waals surface area contributed by atoms with E-state index in [1.54, 1.807) is 0 Å². The number of thiazole rings is 1. The lowest BCUT2D eigenvalue weighted by Gasteiger charge is -2.01. The number of carbonyl (C=O) groups is 1. The topological polar surface area (TPSA) is 42.0 Å². The molecule has 0 saturated carbocycles. The summed E-state index contributed by atoms with van der Waals surface area (Å²) >= 11 is 1.50. The van der Waals surface area contributed by atoms with Crippen molar-refractivity contribution >= 4 is 28.1 Å². The van der Waals surface area contributed by atoms with E-state index >= 15 is 0 Å². The van der Waals surface area contributed by atoms with Gasteiger partial charge in [-0.05, 0) is 10.9 Å². The smallest absolute Gasteiger partial charge is 0.270 e. The summed E-state index contributed by atoms with van der Waals surface area (Å²) in [6.45, 7) is 0.724. The standard InChI is InChI=1S/C15H18N2OS2.ClH/c1-20(2)10-6-9-16-14(18)13-11-19-15(17-13)12-7-4-3-5-8-12;/h3-5,7-8,11H,6,9-10H2,1-2H3;1H. The third-order valence-corrected chi connectivity index (χ3v) is 4.77. The second-order valence-electron chi connectivity index (χ2n) is 4.70. The number of nitrogens with one attached hydrogen (secondary N) is 1. The van der Waals surface area contributed by atoms with E-state index in [1.807, 2.05) is 35.7 Å². The predicted molar refractivity (Wildman–Crippen MR) is 88.6 cm³/mol. The highest BCUT2D eigenvalue weighted by Crippen LogP contribution is 2.23. The molecular formula is C15H19ClN2OS2. The van der Waals surface area contributed by atoms with Gasteiger partial charge >= 0.3 is 0 Å². The Labute approximate surface area is 138 Å². The highest BCUT2D eigenvalue weighted by Gasteiger charge is 2.11. The van der Waals surface area contributed by atoms with E-state index < -0.39 is 0 Å². The Morgan fingerprint density at radius 1 is 1.29 bits per heavy atom. The lowest BCUT2D eigenvalue weighted by Crippen LogP contribution is -3.00. The zero-order valence-corrected chi connectivity index (χ0v) is 14.5. The minimum Gasteiger partial charge on any atom is -1.00 e. The summed E-state index contributed by atoms with van der Waals surface area (Å²) in [6.07, 6.45) is 5.46. The quantitative estimate of drug-likeness (QED) is 0.584. The molecule has 0 aliphatic carbocycles. The summed E-state index contributed by atoms with van der Waals surface area (Å²) in [5.41, 5.74) is 1.57. The van der Waals surface area contributed by atoms with Crippen molar-refractivity contribution in [3.8, 4) is 10.6 Å². The summed E-state index contributed by atoms with van der Waals surface area (Å²) in [5, 5.41) is 5.64. The number of halogens is 1. The summed E-state index contributed by atoms with van der Waals surface area (Å²) < 4.78 is 0. The average molecular weight is 343 g/mol. The third kappa shape index (κ3) is 5.69. The monoisotopic (exact) mass is 342 g/mol. The summed E-state index contributed by atoms with van der Waals surface area (Å²) in [6, 6.07) is 9.93. The first-order valence-corrected chi connectivity index (χ1v) is 9.59.